The van der Waals surface area contributed by atoms with Crippen molar-refractivity contribution < 1.29 is 9.53 Å². The van der Waals surface area contributed by atoms with Crippen molar-refractivity contribution in [2.45, 2.75) is 0 Å². The second-order valence-electron chi connectivity index (χ2n) is 2.07. The zero-order valence-electron chi connectivity index (χ0n) is 6.06. The maximum atomic E-state index is 11.0. The Morgan fingerprint density at radius 1 is 1.82 bits per heavy atom. The number of ether oxygens (including phenoxy) is 1. The van der Waals surface area contributed by atoms with Gasteiger partial charge in [-0.25, -0.2) is 4.79 Å². The summed E-state index contributed by atoms with van der Waals surface area (Å²) in [5.74, 6) is -0.264. The Kier molecular flexibility index (Phi) is 2.92. The molecule has 0 amide bonds. The van der Waals surface area contributed by atoms with Gasteiger partial charge < -0.3 is 10.1 Å². The Hall–Kier alpha value is -0.520. The van der Waals surface area contributed by atoms with Crippen LogP contribution in [0.3, 0.4) is 0 Å². The molecule has 0 fully saturated rings. The third-order valence-electron chi connectivity index (χ3n) is 1.29. The summed E-state index contributed by atoms with van der Waals surface area (Å²) >= 11 is 2.14. The summed E-state index contributed by atoms with van der Waals surface area (Å²) in [4.78, 5) is 11.0. The lowest BCUT2D eigenvalue weighted by Crippen LogP contribution is -2.20. The molecular weight excluding hydrogens is 257 g/mol. The molecule has 1 rings (SSSR count). The molecule has 4 heteroatoms. The number of rotatable bonds is 1. The van der Waals surface area contributed by atoms with E-state index in [1.807, 2.05) is 12.3 Å². The van der Waals surface area contributed by atoms with Crippen LogP contribution in [-0.2, 0) is 9.53 Å². The fourth-order valence-corrected chi connectivity index (χ4v) is 1.38. The third kappa shape index (κ3) is 2.21. The van der Waals surface area contributed by atoms with Gasteiger partial charge in [-0.2, -0.15) is 0 Å². The molecule has 0 saturated heterocycles. The first-order valence-corrected chi connectivity index (χ1v) is 4.20. The molecule has 0 aliphatic carbocycles. The average molecular weight is 265 g/mol. The summed E-state index contributed by atoms with van der Waals surface area (Å²) in [6.07, 6.45) is 3.66. The van der Waals surface area contributed by atoms with Crippen molar-refractivity contribution in [3.63, 3.8) is 0 Å². The van der Waals surface area contributed by atoms with Crippen LogP contribution in [0.5, 0.6) is 0 Å². The molecule has 0 unspecified atom stereocenters. The van der Waals surface area contributed by atoms with Crippen LogP contribution in [0.25, 0.3) is 0 Å². The van der Waals surface area contributed by atoms with Crippen molar-refractivity contribution >= 4 is 28.6 Å². The summed E-state index contributed by atoms with van der Waals surface area (Å²) in [5.41, 5.74) is 0.666. The zero-order chi connectivity index (χ0) is 8.27. The van der Waals surface area contributed by atoms with Gasteiger partial charge in [0, 0.05) is 16.3 Å². The predicted octanol–water partition coefficient (Wildman–Crippen LogP) is 0.965. The van der Waals surface area contributed by atoms with Crippen LogP contribution in [-0.4, -0.2) is 19.6 Å². The van der Waals surface area contributed by atoms with E-state index in [4.69, 9.17) is 0 Å². The summed E-state index contributed by atoms with van der Waals surface area (Å²) in [6.45, 7) is 0.555. The molecule has 1 N–H and O–H groups in total. The highest BCUT2D eigenvalue weighted by Crippen LogP contribution is 2.13. The Balaban J connectivity index is 2.73. The van der Waals surface area contributed by atoms with E-state index in [-0.39, 0.29) is 5.97 Å². The highest BCUT2D eigenvalue weighted by Gasteiger charge is 2.11. The highest BCUT2D eigenvalue weighted by molar-refractivity contribution is 14.1. The minimum atomic E-state index is -0.264. The molecule has 1 heterocycles. The van der Waals surface area contributed by atoms with E-state index < -0.39 is 0 Å². The van der Waals surface area contributed by atoms with E-state index in [2.05, 4.69) is 32.6 Å². The molecule has 0 atom stereocenters. The zero-order valence-corrected chi connectivity index (χ0v) is 8.21. The van der Waals surface area contributed by atoms with Crippen LogP contribution in [0.2, 0.25) is 0 Å². The number of hydrogen-bond donors (Lipinski definition) is 1. The topological polar surface area (TPSA) is 38.3 Å². The van der Waals surface area contributed by atoms with Crippen molar-refractivity contribution in [1.29, 1.82) is 0 Å². The van der Waals surface area contributed by atoms with Crippen LogP contribution in [0.4, 0.5) is 0 Å². The first-order chi connectivity index (χ1) is 5.24. The molecule has 60 valence electrons. The van der Waals surface area contributed by atoms with Crippen molar-refractivity contribution in [1.82, 2.24) is 5.32 Å². The first-order valence-electron chi connectivity index (χ1n) is 3.12. The van der Waals surface area contributed by atoms with Crippen LogP contribution < -0.4 is 5.32 Å². The lowest BCUT2D eigenvalue weighted by molar-refractivity contribution is -0.136. The molecular formula is C7H8INO2. The Morgan fingerprint density at radius 3 is 3.09 bits per heavy atom. The quantitative estimate of drug-likeness (QED) is 0.567. The molecule has 1 aliphatic rings. The Morgan fingerprint density at radius 2 is 2.55 bits per heavy atom. The number of halogens is 1. The van der Waals surface area contributed by atoms with E-state index in [0.29, 0.717) is 12.1 Å². The van der Waals surface area contributed by atoms with Gasteiger partial charge in [-0.05, 0) is 28.7 Å². The standard InChI is InChI=1S/C7H8INO2/c1-11-7(10)5-2-6(8)4-9-3-5/h2,4,9H,3H2,1H3. The monoisotopic (exact) mass is 265 g/mol. The minimum Gasteiger partial charge on any atom is -0.466 e. The summed E-state index contributed by atoms with van der Waals surface area (Å²) in [6, 6.07) is 0. The molecule has 0 spiro atoms. The number of allylic oxidation sites excluding steroid dienone is 2. The van der Waals surface area contributed by atoms with Gasteiger partial charge in [-0.1, -0.05) is 0 Å². The van der Waals surface area contributed by atoms with Gasteiger partial charge in [0.2, 0.25) is 0 Å². The van der Waals surface area contributed by atoms with Crippen molar-refractivity contribution in [3.8, 4) is 0 Å². The average Bonchev–Trinajstić information content (AvgIpc) is 2.03. The van der Waals surface area contributed by atoms with E-state index in [1.165, 1.54) is 7.11 Å². The van der Waals surface area contributed by atoms with Gasteiger partial charge in [-0.15, -0.1) is 0 Å². The molecule has 11 heavy (non-hydrogen) atoms. The number of carbonyl (C=O) groups excluding carboxylic acids is 1. The summed E-state index contributed by atoms with van der Waals surface area (Å²) in [5, 5.41) is 2.96. The van der Waals surface area contributed by atoms with Gasteiger partial charge >= 0.3 is 5.97 Å². The lowest BCUT2D eigenvalue weighted by Gasteiger charge is -2.09. The van der Waals surface area contributed by atoms with E-state index in [0.717, 1.165) is 3.58 Å². The van der Waals surface area contributed by atoms with Crippen LogP contribution in [0.15, 0.2) is 21.4 Å². The number of methoxy groups -OCH3 is 1. The highest BCUT2D eigenvalue weighted by atomic mass is 127. The maximum Gasteiger partial charge on any atom is 0.335 e. The number of esters is 1. The second-order valence-corrected chi connectivity index (χ2v) is 3.32. The molecule has 0 bridgehead atoms. The van der Waals surface area contributed by atoms with Crippen LogP contribution in [0.1, 0.15) is 0 Å². The smallest absolute Gasteiger partial charge is 0.335 e. The van der Waals surface area contributed by atoms with Gasteiger partial charge in [0.05, 0.1) is 12.7 Å². The van der Waals surface area contributed by atoms with Crippen molar-refractivity contribution in [3.05, 3.63) is 21.4 Å². The van der Waals surface area contributed by atoms with Gasteiger partial charge in [0.1, 0.15) is 0 Å². The SMILES string of the molecule is COC(=O)C1=CC(I)=CNC1. The molecule has 0 radical (unpaired) electrons. The van der Waals surface area contributed by atoms with Crippen LogP contribution in [0, 0.1) is 0 Å². The van der Waals surface area contributed by atoms with Gasteiger partial charge in [-0.3, -0.25) is 0 Å². The molecule has 0 aromatic carbocycles. The van der Waals surface area contributed by atoms with Gasteiger partial charge in [0.15, 0.2) is 0 Å². The number of nitrogens with one attached hydrogen (secondary N) is 1. The fraction of sp³-hybridized carbons (Fsp3) is 0.286. The Bertz CT molecular complexity index is 233. The number of dihydropyridines is 1. The van der Waals surface area contributed by atoms with Crippen LogP contribution >= 0.6 is 22.6 Å². The molecule has 0 saturated carbocycles. The fourth-order valence-electron chi connectivity index (χ4n) is 0.780. The predicted molar refractivity (Wildman–Crippen MR) is 50.2 cm³/mol. The third-order valence-corrected chi connectivity index (χ3v) is 1.91. The molecule has 1 aliphatic heterocycles. The minimum absolute atomic E-state index is 0.264. The maximum absolute atomic E-state index is 11.0. The Labute approximate surface area is 78.6 Å². The van der Waals surface area contributed by atoms with Gasteiger partial charge in [0.25, 0.3) is 0 Å². The lowest BCUT2D eigenvalue weighted by atomic mass is 10.2. The van der Waals surface area contributed by atoms with E-state index in [9.17, 15) is 4.79 Å². The summed E-state index contributed by atoms with van der Waals surface area (Å²) in [7, 11) is 1.38. The van der Waals surface area contributed by atoms with Crippen molar-refractivity contribution in [2.75, 3.05) is 13.7 Å². The molecule has 3 nitrogen and oxygen atoms in total. The largest absolute Gasteiger partial charge is 0.466 e. The second kappa shape index (κ2) is 3.75. The van der Waals surface area contributed by atoms with Crippen molar-refractivity contribution in [2.24, 2.45) is 0 Å². The number of carbonyl (C=O) groups is 1. The number of hydrogen-bond acceptors (Lipinski definition) is 3. The van der Waals surface area contributed by atoms with E-state index in [1.54, 1.807) is 0 Å². The normalized spacial score (nSPS) is 16.2. The van der Waals surface area contributed by atoms with E-state index >= 15 is 0 Å². The molecule has 0 aromatic rings. The first kappa shape index (κ1) is 8.58. The summed E-state index contributed by atoms with van der Waals surface area (Å²) < 4.78 is 5.57. The molecule has 0 aromatic heterocycles.